The van der Waals surface area contributed by atoms with Gasteiger partial charge in [0.05, 0.1) is 18.2 Å². The van der Waals surface area contributed by atoms with E-state index in [0.29, 0.717) is 17.1 Å². The number of benzene rings is 1. The number of carbonyl (C=O) groups is 2. The predicted molar refractivity (Wildman–Crippen MR) is 88.4 cm³/mol. The molecule has 0 bridgehead atoms. The Bertz CT molecular complexity index is 605. The average molecular weight is 337 g/mol. The van der Waals surface area contributed by atoms with Gasteiger partial charge in [-0.15, -0.1) is 0 Å². The Morgan fingerprint density at radius 1 is 1.26 bits per heavy atom. The zero-order chi connectivity index (χ0) is 16.4. The minimum Gasteiger partial charge on any atom is -0.396 e. The number of hydrogen-bond donors (Lipinski definition) is 1. The third-order valence-electron chi connectivity index (χ3n) is 4.72. The van der Waals surface area contributed by atoms with Gasteiger partial charge in [0.1, 0.15) is 0 Å². The van der Waals surface area contributed by atoms with Crippen LogP contribution in [0.25, 0.3) is 0 Å². The maximum absolute atomic E-state index is 12.8. The Balaban J connectivity index is 1.83. The van der Waals surface area contributed by atoms with Crippen LogP contribution in [-0.2, 0) is 9.59 Å². The Morgan fingerprint density at radius 2 is 2.09 bits per heavy atom. The lowest BCUT2D eigenvalue weighted by atomic mass is 9.97. The number of piperidine rings is 1. The van der Waals surface area contributed by atoms with E-state index in [4.69, 9.17) is 11.6 Å². The van der Waals surface area contributed by atoms with Crippen molar-refractivity contribution in [1.82, 2.24) is 4.90 Å². The molecule has 2 amide bonds. The number of carbonyl (C=O) groups excluding carboxylic acids is 2. The van der Waals surface area contributed by atoms with Crippen molar-refractivity contribution in [2.45, 2.75) is 44.2 Å². The van der Waals surface area contributed by atoms with E-state index in [1.807, 2.05) is 0 Å². The second-order valence-corrected chi connectivity index (χ2v) is 6.60. The summed E-state index contributed by atoms with van der Waals surface area (Å²) in [6.45, 7) is 0.909. The van der Waals surface area contributed by atoms with Crippen molar-refractivity contribution in [3.8, 4) is 0 Å². The van der Waals surface area contributed by atoms with Gasteiger partial charge in [0.15, 0.2) is 0 Å². The summed E-state index contributed by atoms with van der Waals surface area (Å²) in [4.78, 5) is 28.6. The molecule has 2 fully saturated rings. The largest absolute Gasteiger partial charge is 0.396 e. The quantitative estimate of drug-likeness (QED) is 0.856. The maximum Gasteiger partial charge on any atom is 0.251 e. The van der Waals surface area contributed by atoms with Crippen LogP contribution in [0.1, 0.15) is 32.1 Å². The standard InChI is InChI=1S/C17H21ClN2O3/c18-12-4-3-6-14(10-12)20-16(22)11-15(17(20)23)19-8-2-1-5-13(19)7-9-21/h3-4,6,10,13,15,21H,1-2,5,7-9,11H2/t13-,15-/m1/s1. The van der Waals surface area contributed by atoms with Gasteiger partial charge in [-0.2, -0.15) is 0 Å². The summed E-state index contributed by atoms with van der Waals surface area (Å²) < 4.78 is 0. The lowest BCUT2D eigenvalue weighted by Crippen LogP contribution is -2.50. The van der Waals surface area contributed by atoms with Gasteiger partial charge < -0.3 is 5.11 Å². The van der Waals surface area contributed by atoms with Crippen LogP contribution in [0.5, 0.6) is 0 Å². The summed E-state index contributed by atoms with van der Waals surface area (Å²) in [7, 11) is 0. The third-order valence-corrected chi connectivity index (χ3v) is 4.96. The molecule has 0 radical (unpaired) electrons. The normalized spacial score (nSPS) is 26.1. The molecule has 2 atom stereocenters. The number of halogens is 1. The van der Waals surface area contributed by atoms with Crippen molar-refractivity contribution < 1.29 is 14.7 Å². The van der Waals surface area contributed by atoms with Gasteiger partial charge in [-0.3, -0.25) is 14.5 Å². The van der Waals surface area contributed by atoms with E-state index in [0.717, 1.165) is 25.8 Å². The molecule has 5 nitrogen and oxygen atoms in total. The number of rotatable bonds is 4. The molecule has 1 aromatic carbocycles. The Hall–Kier alpha value is -1.43. The molecule has 0 unspecified atom stereocenters. The van der Waals surface area contributed by atoms with E-state index in [-0.39, 0.29) is 30.9 Å². The van der Waals surface area contributed by atoms with Crippen molar-refractivity contribution in [3.05, 3.63) is 29.3 Å². The molecular formula is C17H21ClN2O3. The van der Waals surface area contributed by atoms with E-state index in [2.05, 4.69) is 4.90 Å². The maximum atomic E-state index is 12.8. The van der Waals surface area contributed by atoms with Crippen molar-refractivity contribution in [3.63, 3.8) is 0 Å². The van der Waals surface area contributed by atoms with Gasteiger partial charge in [-0.1, -0.05) is 24.1 Å². The SMILES string of the molecule is O=C1C[C@@H](N2CCCC[C@@H]2CCO)C(=O)N1c1cccc(Cl)c1. The highest BCUT2D eigenvalue weighted by Crippen LogP contribution is 2.31. The van der Waals surface area contributed by atoms with Crippen molar-refractivity contribution >= 4 is 29.1 Å². The first-order valence-electron chi connectivity index (χ1n) is 8.11. The van der Waals surface area contributed by atoms with Gasteiger partial charge >= 0.3 is 0 Å². The molecule has 0 saturated carbocycles. The number of aliphatic hydroxyl groups excluding tert-OH is 1. The number of anilines is 1. The van der Waals surface area contributed by atoms with Crippen LogP contribution < -0.4 is 4.90 Å². The van der Waals surface area contributed by atoms with Crippen LogP contribution in [0.3, 0.4) is 0 Å². The molecule has 2 aliphatic heterocycles. The second kappa shape index (κ2) is 6.99. The fourth-order valence-electron chi connectivity index (χ4n) is 3.65. The number of nitrogens with zero attached hydrogens (tertiary/aromatic N) is 2. The molecule has 3 rings (SSSR count). The number of aliphatic hydroxyl groups is 1. The summed E-state index contributed by atoms with van der Waals surface area (Å²) in [5, 5.41) is 9.76. The number of hydrogen-bond acceptors (Lipinski definition) is 4. The molecule has 23 heavy (non-hydrogen) atoms. The highest BCUT2D eigenvalue weighted by molar-refractivity contribution is 6.31. The molecule has 0 spiro atoms. The van der Waals surface area contributed by atoms with E-state index in [1.54, 1.807) is 24.3 Å². The molecule has 2 aliphatic rings. The molecule has 2 heterocycles. The first-order chi connectivity index (χ1) is 11.1. The van der Waals surface area contributed by atoms with Crippen LogP contribution in [0.15, 0.2) is 24.3 Å². The zero-order valence-electron chi connectivity index (χ0n) is 12.9. The summed E-state index contributed by atoms with van der Waals surface area (Å²) in [6, 6.07) is 6.58. The fourth-order valence-corrected chi connectivity index (χ4v) is 3.84. The molecule has 0 aliphatic carbocycles. The minimum atomic E-state index is -0.418. The highest BCUT2D eigenvalue weighted by atomic mass is 35.5. The van der Waals surface area contributed by atoms with Crippen LogP contribution in [0.4, 0.5) is 5.69 Å². The monoisotopic (exact) mass is 336 g/mol. The predicted octanol–water partition coefficient (Wildman–Crippen LogP) is 2.21. The van der Waals surface area contributed by atoms with Gasteiger partial charge in [0, 0.05) is 17.7 Å². The van der Waals surface area contributed by atoms with E-state index < -0.39 is 6.04 Å². The smallest absolute Gasteiger partial charge is 0.251 e. The van der Waals surface area contributed by atoms with Crippen molar-refractivity contribution in [1.29, 1.82) is 0 Å². The lowest BCUT2D eigenvalue weighted by Gasteiger charge is -2.38. The van der Waals surface area contributed by atoms with E-state index in [9.17, 15) is 14.7 Å². The van der Waals surface area contributed by atoms with Crippen LogP contribution in [-0.4, -0.2) is 47.1 Å². The third kappa shape index (κ3) is 3.27. The molecule has 2 saturated heterocycles. The summed E-state index contributed by atoms with van der Waals surface area (Å²) in [6.07, 6.45) is 3.95. The van der Waals surface area contributed by atoms with E-state index >= 15 is 0 Å². The summed E-state index contributed by atoms with van der Waals surface area (Å²) in [5.74, 6) is -0.363. The topological polar surface area (TPSA) is 60.9 Å². The Morgan fingerprint density at radius 3 is 2.83 bits per heavy atom. The number of likely N-dealkylation sites (tertiary alicyclic amines) is 1. The number of imide groups is 1. The number of amides is 2. The molecular weight excluding hydrogens is 316 g/mol. The molecule has 1 aromatic rings. The van der Waals surface area contributed by atoms with Crippen LogP contribution in [0.2, 0.25) is 5.02 Å². The van der Waals surface area contributed by atoms with Crippen molar-refractivity contribution in [2.24, 2.45) is 0 Å². The molecule has 0 aromatic heterocycles. The van der Waals surface area contributed by atoms with Gasteiger partial charge in [0.25, 0.3) is 5.91 Å². The molecule has 6 heteroatoms. The second-order valence-electron chi connectivity index (χ2n) is 6.17. The first-order valence-corrected chi connectivity index (χ1v) is 8.48. The van der Waals surface area contributed by atoms with Gasteiger partial charge in [-0.05, 0) is 44.0 Å². The summed E-state index contributed by atoms with van der Waals surface area (Å²) >= 11 is 5.98. The van der Waals surface area contributed by atoms with E-state index in [1.165, 1.54) is 4.90 Å². The van der Waals surface area contributed by atoms with Gasteiger partial charge in [-0.25, -0.2) is 4.90 Å². The lowest BCUT2D eigenvalue weighted by molar-refractivity contribution is -0.123. The minimum absolute atomic E-state index is 0.105. The fraction of sp³-hybridized carbons (Fsp3) is 0.529. The Labute approximate surface area is 140 Å². The van der Waals surface area contributed by atoms with Crippen LogP contribution in [0, 0.1) is 0 Å². The summed E-state index contributed by atoms with van der Waals surface area (Å²) in [5.41, 5.74) is 0.533. The molecule has 1 N–H and O–H groups in total. The zero-order valence-corrected chi connectivity index (χ0v) is 13.7. The van der Waals surface area contributed by atoms with Crippen LogP contribution >= 0.6 is 11.6 Å². The van der Waals surface area contributed by atoms with Gasteiger partial charge in [0.2, 0.25) is 5.91 Å². The first kappa shape index (κ1) is 16.4. The molecule has 124 valence electrons. The average Bonchev–Trinajstić information content (AvgIpc) is 2.83. The highest BCUT2D eigenvalue weighted by Gasteiger charge is 2.44. The Kier molecular flexibility index (Phi) is 4.99. The van der Waals surface area contributed by atoms with Crippen molar-refractivity contribution in [2.75, 3.05) is 18.1 Å².